The minimum atomic E-state index is -1.01. The number of thiazole rings is 1. The summed E-state index contributed by atoms with van der Waals surface area (Å²) in [5.41, 5.74) is 3.45. The average Bonchev–Trinajstić information content (AvgIpc) is 3.61. The zero-order valence-corrected chi connectivity index (χ0v) is 24.2. The predicted octanol–water partition coefficient (Wildman–Crippen LogP) is 6.25. The van der Waals surface area contributed by atoms with Gasteiger partial charge in [-0.05, 0) is 68.3 Å². The van der Waals surface area contributed by atoms with Crippen molar-refractivity contribution in [3.05, 3.63) is 87.8 Å². The van der Waals surface area contributed by atoms with Crippen molar-refractivity contribution in [3.63, 3.8) is 0 Å². The molecule has 0 bridgehead atoms. The van der Waals surface area contributed by atoms with Crippen molar-refractivity contribution in [1.82, 2.24) is 14.4 Å². The number of pyridine rings is 1. The summed E-state index contributed by atoms with van der Waals surface area (Å²) in [5.74, 6) is -1.09. The summed E-state index contributed by atoms with van der Waals surface area (Å²) >= 11 is 7.43. The summed E-state index contributed by atoms with van der Waals surface area (Å²) < 4.78 is 13.9. The molecule has 1 aliphatic heterocycles. The second-order valence-electron chi connectivity index (χ2n) is 9.55. The third-order valence-corrected chi connectivity index (χ3v) is 8.35. The highest BCUT2D eigenvalue weighted by atomic mass is 35.5. The molecule has 1 aliphatic rings. The number of carbonyl (C=O) groups excluding carboxylic acids is 2. The van der Waals surface area contributed by atoms with Gasteiger partial charge in [-0.25, -0.2) is 9.97 Å². The summed E-state index contributed by atoms with van der Waals surface area (Å²) in [7, 11) is 1.51. The summed E-state index contributed by atoms with van der Waals surface area (Å²) in [5, 5.41) is 12.6. The van der Waals surface area contributed by atoms with Crippen LogP contribution in [0.5, 0.6) is 11.5 Å². The number of methoxy groups -OCH3 is 1. The first-order valence-corrected chi connectivity index (χ1v) is 14.0. The van der Waals surface area contributed by atoms with Crippen LogP contribution >= 0.6 is 22.9 Å². The number of nitrogens with zero attached hydrogens (tertiary/aromatic N) is 4. The van der Waals surface area contributed by atoms with Gasteiger partial charge in [0.25, 0.3) is 5.78 Å². The van der Waals surface area contributed by atoms with Gasteiger partial charge in [0.2, 0.25) is 0 Å². The van der Waals surface area contributed by atoms with Gasteiger partial charge in [-0.15, -0.1) is 0 Å². The van der Waals surface area contributed by atoms with E-state index >= 15 is 0 Å². The van der Waals surface area contributed by atoms with Crippen LogP contribution in [0.4, 0.5) is 5.13 Å². The average molecular weight is 589 g/mol. The topological polar surface area (TPSA) is 106 Å². The Hall–Kier alpha value is -4.41. The molecule has 3 aromatic heterocycles. The van der Waals surface area contributed by atoms with E-state index < -0.39 is 17.7 Å². The van der Waals surface area contributed by atoms with E-state index in [-0.39, 0.29) is 17.0 Å². The largest absolute Gasteiger partial charge is 0.505 e. The van der Waals surface area contributed by atoms with Gasteiger partial charge in [0, 0.05) is 11.2 Å². The highest BCUT2D eigenvalue weighted by Gasteiger charge is 2.49. The van der Waals surface area contributed by atoms with Gasteiger partial charge in [-0.1, -0.05) is 35.1 Å². The number of imidazole rings is 1. The van der Waals surface area contributed by atoms with Gasteiger partial charge in [0.15, 0.2) is 22.4 Å². The molecular formula is C30H25ClN4O5S. The zero-order chi connectivity index (χ0) is 29.0. The molecule has 0 saturated carbocycles. The van der Waals surface area contributed by atoms with Crippen LogP contribution < -0.4 is 14.4 Å². The molecule has 0 aliphatic carbocycles. The number of ether oxygens (including phenoxy) is 2. The second-order valence-corrected chi connectivity index (χ2v) is 11.0. The molecule has 1 atom stereocenters. The van der Waals surface area contributed by atoms with Gasteiger partial charge in [0.1, 0.15) is 11.3 Å². The summed E-state index contributed by atoms with van der Waals surface area (Å²) in [6, 6.07) is 13.2. The van der Waals surface area contributed by atoms with Crippen LogP contribution in [0.3, 0.4) is 0 Å². The van der Waals surface area contributed by atoms with Gasteiger partial charge in [0.05, 0.1) is 41.2 Å². The van der Waals surface area contributed by atoms with Crippen molar-refractivity contribution in [2.24, 2.45) is 0 Å². The van der Waals surface area contributed by atoms with E-state index in [2.05, 4.69) is 9.97 Å². The van der Waals surface area contributed by atoms with Gasteiger partial charge >= 0.3 is 5.91 Å². The first-order chi connectivity index (χ1) is 19.7. The lowest BCUT2D eigenvalue weighted by molar-refractivity contribution is -0.132. The van der Waals surface area contributed by atoms with Crippen LogP contribution in [0.2, 0.25) is 5.02 Å². The standard InChI is InChI=1S/C30H25ClN4O5S/c1-5-40-20-11-8-17(13-21(20)39-4)25-23(26(36)24-16(3)34-12-6-7-15(2)28(34)33-24)27(37)29(38)35(25)30-32-19-10-9-18(31)14-22(19)41-30/h6-14,25,36H,5H2,1-4H3. The molecule has 1 saturated heterocycles. The molecule has 0 spiro atoms. The van der Waals surface area contributed by atoms with Crippen molar-refractivity contribution >= 4 is 61.4 Å². The quantitative estimate of drug-likeness (QED) is 0.142. The summed E-state index contributed by atoms with van der Waals surface area (Å²) in [6.45, 7) is 6.00. The Kier molecular flexibility index (Phi) is 6.67. The predicted molar refractivity (Wildman–Crippen MR) is 158 cm³/mol. The number of halogens is 1. The number of aromatic nitrogens is 3. The first kappa shape index (κ1) is 26.8. The molecule has 1 fully saturated rings. The number of benzene rings is 2. The maximum atomic E-state index is 13.7. The van der Waals surface area contributed by atoms with Crippen molar-refractivity contribution in [2.45, 2.75) is 26.8 Å². The smallest absolute Gasteiger partial charge is 0.301 e. The molecule has 208 valence electrons. The van der Waals surface area contributed by atoms with Gasteiger partial charge in [-0.3, -0.25) is 14.5 Å². The molecule has 0 radical (unpaired) electrons. The van der Waals surface area contributed by atoms with Crippen LogP contribution in [0.15, 0.2) is 60.3 Å². The summed E-state index contributed by atoms with van der Waals surface area (Å²) in [4.78, 5) is 38.1. The molecule has 11 heteroatoms. The van der Waals surface area contributed by atoms with E-state index in [1.165, 1.54) is 23.3 Å². The van der Waals surface area contributed by atoms with Crippen molar-refractivity contribution in [2.75, 3.05) is 18.6 Å². The Morgan fingerprint density at radius 3 is 2.63 bits per heavy atom. The van der Waals surface area contributed by atoms with Crippen LogP contribution in [-0.2, 0) is 9.59 Å². The van der Waals surface area contributed by atoms with E-state index in [1.54, 1.807) is 43.3 Å². The molecule has 9 nitrogen and oxygen atoms in total. The minimum absolute atomic E-state index is 0.0948. The maximum Gasteiger partial charge on any atom is 0.301 e. The number of amides is 1. The number of Topliss-reactive ketones (excluding diaryl/α,β-unsaturated/α-hetero) is 1. The van der Waals surface area contributed by atoms with E-state index in [4.69, 9.17) is 21.1 Å². The van der Waals surface area contributed by atoms with Crippen LogP contribution in [0.1, 0.15) is 35.5 Å². The number of hydrogen-bond acceptors (Lipinski definition) is 8. The molecule has 5 aromatic rings. The molecule has 1 amide bonds. The van der Waals surface area contributed by atoms with Gasteiger partial charge < -0.3 is 19.0 Å². The summed E-state index contributed by atoms with van der Waals surface area (Å²) in [6.07, 6.45) is 1.83. The molecule has 6 rings (SSSR count). The SMILES string of the molecule is CCOc1ccc(C2C(=C(O)c3nc4c(C)cccn4c3C)C(=O)C(=O)N2c2nc3ccc(Cl)cc3s2)cc1OC. The molecular weight excluding hydrogens is 564 g/mol. The number of aliphatic hydroxyl groups is 1. The number of rotatable bonds is 6. The highest BCUT2D eigenvalue weighted by molar-refractivity contribution is 7.22. The van der Waals surface area contributed by atoms with Crippen molar-refractivity contribution in [1.29, 1.82) is 0 Å². The van der Waals surface area contributed by atoms with E-state index in [1.807, 2.05) is 36.6 Å². The van der Waals surface area contributed by atoms with E-state index in [9.17, 15) is 14.7 Å². The normalized spacial score (nSPS) is 16.7. The number of hydrogen-bond donors (Lipinski definition) is 1. The number of carbonyl (C=O) groups is 2. The third-order valence-electron chi connectivity index (χ3n) is 7.10. The Balaban J connectivity index is 1.60. The Bertz CT molecular complexity index is 1910. The van der Waals surface area contributed by atoms with Crippen LogP contribution in [0, 0.1) is 13.8 Å². The first-order valence-electron chi connectivity index (χ1n) is 12.9. The van der Waals surface area contributed by atoms with E-state index in [0.717, 1.165) is 10.3 Å². The fourth-order valence-corrected chi connectivity index (χ4v) is 6.41. The Morgan fingerprint density at radius 1 is 1.10 bits per heavy atom. The lowest BCUT2D eigenvalue weighted by Crippen LogP contribution is -2.29. The fraction of sp³-hybridized carbons (Fsp3) is 0.200. The molecule has 4 heterocycles. The molecule has 2 aromatic carbocycles. The Morgan fingerprint density at radius 2 is 1.90 bits per heavy atom. The maximum absolute atomic E-state index is 13.7. The molecule has 41 heavy (non-hydrogen) atoms. The minimum Gasteiger partial charge on any atom is -0.505 e. The monoisotopic (exact) mass is 588 g/mol. The number of fused-ring (bicyclic) bond motifs is 2. The lowest BCUT2D eigenvalue weighted by atomic mass is 9.96. The zero-order valence-electron chi connectivity index (χ0n) is 22.6. The van der Waals surface area contributed by atoms with Crippen LogP contribution in [-0.4, -0.2) is 44.9 Å². The van der Waals surface area contributed by atoms with Crippen molar-refractivity contribution < 1.29 is 24.2 Å². The molecule has 1 unspecified atom stereocenters. The second kappa shape index (κ2) is 10.2. The fourth-order valence-electron chi connectivity index (χ4n) is 5.14. The molecule has 1 N–H and O–H groups in total. The number of aryl methyl sites for hydroxylation is 2. The highest BCUT2D eigenvalue weighted by Crippen LogP contribution is 2.46. The third kappa shape index (κ3) is 4.30. The number of aliphatic hydroxyl groups excluding tert-OH is 1. The van der Waals surface area contributed by atoms with E-state index in [0.29, 0.717) is 50.7 Å². The lowest BCUT2D eigenvalue weighted by Gasteiger charge is -2.23. The van der Waals surface area contributed by atoms with Crippen molar-refractivity contribution in [3.8, 4) is 11.5 Å². The number of anilines is 1. The van der Waals surface area contributed by atoms with Crippen LogP contribution in [0.25, 0.3) is 21.6 Å². The number of ketones is 1. The Labute approximate surface area is 244 Å². The van der Waals surface area contributed by atoms with Gasteiger partial charge in [-0.2, -0.15) is 0 Å².